The molecule has 160 valence electrons. The lowest BCUT2D eigenvalue weighted by Gasteiger charge is -2.14. The van der Waals surface area contributed by atoms with Crippen molar-refractivity contribution >= 4 is 17.9 Å². The fraction of sp³-hybridized carbons (Fsp3) is 0.192. The molecule has 0 spiro atoms. The third kappa shape index (κ3) is 4.52. The molecule has 1 N–H and O–H groups in total. The summed E-state index contributed by atoms with van der Waals surface area (Å²) in [6, 6.07) is 16.0. The summed E-state index contributed by atoms with van der Waals surface area (Å²) in [4.78, 5) is 11.8. The lowest BCUT2D eigenvalue weighted by molar-refractivity contribution is 0.0597. The van der Waals surface area contributed by atoms with Crippen molar-refractivity contribution in [1.82, 2.24) is 0 Å². The standard InChI is InChI=1S/C26H25FO4/c1-16-18(7-5-9-21(16)22-10-6-8-20(15-28)17(22)2)13-24(27)19-11-12-23(26(29)31-4)25(14-19)30-3/h5-14,28H,15H2,1-4H3/b24-13-. The van der Waals surface area contributed by atoms with E-state index in [0.29, 0.717) is 5.56 Å². The Labute approximate surface area is 181 Å². The predicted molar refractivity (Wildman–Crippen MR) is 121 cm³/mol. The van der Waals surface area contributed by atoms with Crippen LogP contribution in [-0.2, 0) is 11.3 Å². The first-order chi connectivity index (χ1) is 14.9. The lowest BCUT2D eigenvalue weighted by Crippen LogP contribution is -2.04. The van der Waals surface area contributed by atoms with Crippen molar-refractivity contribution in [2.75, 3.05) is 14.2 Å². The first kappa shape index (κ1) is 22.2. The maximum absolute atomic E-state index is 15.1. The van der Waals surface area contributed by atoms with Crippen LogP contribution >= 0.6 is 0 Å². The smallest absolute Gasteiger partial charge is 0.341 e. The molecular formula is C26H25FO4. The lowest BCUT2D eigenvalue weighted by atomic mass is 9.91. The molecule has 0 saturated heterocycles. The second-order valence-electron chi connectivity index (χ2n) is 7.17. The normalized spacial score (nSPS) is 11.4. The van der Waals surface area contributed by atoms with Gasteiger partial charge in [-0.05, 0) is 65.4 Å². The van der Waals surface area contributed by atoms with E-state index in [1.807, 2.05) is 50.2 Å². The summed E-state index contributed by atoms with van der Waals surface area (Å²) < 4.78 is 25.1. The number of halogens is 1. The fourth-order valence-corrected chi connectivity index (χ4v) is 3.59. The number of ether oxygens (including phenoxy) is 2. The number of aliphatic hydroxyl groups is 1. The molecule has 3 rings (SSSR count). The molecule has 0 aliphatic heterocycles. The van der Waals surface area contributed by atoms with E-state index in [0.717, 1.165) is 33.4 Å². The van der Waals surface area contributed by atoms with Crippen LogP contribution in [0.4, 0.5) is 4.39 Å². The molecule has 0 saturated carbocycles. The minimum atomic E-state index is -0.545. The molecule has 0 fully saturated rings. The van der Waals surface area contributed by atoms with E-state index in [9.17, 15) is 9.90 Å². The first-order valence-electron chi connectivity index (χ1n) is 9.84. The fourth-order valence-electron chi connectivity index (χ4n) is 3.59. The van der Waals surface area contributed by atoms with Crippen LogP contribution in [-0.4, -0.2) is 25.3 Å². The van der Waals surface area contributed by atoms with Crippen molar-refractivity contribution in [3.8, 4) is 16.9 Å². The van der Waals surface area contributed by atoms with Crippen molar-refractivity contribution in [2.24, 2.45) is 0 Å². The number of esters is 1. The largest absolute Gasteiger partial charge is 0.496 e. The molecule has 3 aromatic rings. The summed E-state index contributed by atoms with van der Waals surface area (Å²) in [6.07, 6.45) is 1.47. The number of carbonyl (C=O) groups is 1. The van der Waals surface area contributed by atoms with Crippen molar-refractivity contribution in [3.63, 3.8) is 0 Å². The van der Waals surface area contributed by atoms with Crippen LogP contribution in [0.25, 0.3) is 23.0 Å². The van der Waals surface area contributed by atoms with Crippen LogP contribution < -0.4 is 4.74 Å². The van der Waals surface area contributed by atoms with Gasteiger partial charge in [-0.3, -0.25) is 0 Å². The molecule has 4 nitrogen and oxygen atoms in total. The molecule has 0 aliphatic carbocycles. The zero-order chi connectivity index (χ0) is 22.5. The van der Waals surface area contributed by atoms with Gasteiger partial charge in [0.1, 0.15) is 17.1 Å². The van der Waals surface area contributed by atoms with E-state index >= 15 is 4.39 Å². The number of carbonyl (C=O) groups excluding carboxylic acids is 1. The van der Waals surface area contributed by atoms with E-state index in [1.54, 1.807) is 0 Å². The minimum absolute atomic E-state index is 0.0314. The number of benzene rings is 3. The summed E-state index contributed by atoms with van der Waals surface area (Å²) in [7, 11) is 2.70. The highest BCUT2D eigenvalue weighted by Crippen LogP contribution is 2.33. The van der Waals surface area contributed by atoms with Crippen molar-refractivity contribution < 1.29 is 23.8 Å². The summed E-state index contributed by atoms with van der Waals surface area (Å²) in [6.45, 7) is 3.88. The zero-order valence-electron chi connectivity index (χ0n) is 18.0. The third-order valence-corrected chi connectivity index (χ3v) is 5.45. The van der Waals surface area contributed by atoms with E-state index in [-0.39, 0.29) is 17.9 Å². The molecule has 5 heteroatoms. The second kappa shape index (κ2) is 9.58. The molecule has 0 aliphatic rings. The van der Waals surface area contributed by atoms with Gasteiger partial charge in [0.15, 0.2) is 0 Å². The summed E-state index contributed by atoms with van der Waals surface area (Å²) in [5.74, 6) is -0.748. The molecule has 0 amide bonds. The third-order valence-electron chi connectivity index (χ3n) is 5.45. The van der Waals surface area contributed by atoms with Gasteiger partial charge >= 0.3 is 5.97 Å². The van der Waals surface area contributed by atoms with Crippen molar-refractivity contribution in [3.05, 3.63) is 88.0 Å². The van der Waals surface area contributed by atoms with Gasteiger partial charge in [-0.2, -0.15) is 0 Å². The van der Waals surface area contributed by atoms with Crippen molar-refractivity contribution in [2.45, 2.75) is 20.5 Å². The minimum Gasteiger partial charge on any atom is -0.496 e. The van der Waals surface area contributed by atoms with Gasteiger partial charge in [-0.25, -0.2) is 9.18 Å². The van der Waals surface area contributed by atoms with Crippen LogP contribution in [0.1, 0.15) is 38.2 Å². The molecule has 31 heavy (non-hydrogen) atoms. The Morgan fingerprint density at radius 2 is 1.68 bits per heavy atom. The average Bonchev–Trinajstić information content (AvgIpc) is 2.79. The highest BCUT2D eigenvalue weighted by molar-refractivity contribution is 5.93. The molecule has 0 heterocycles. The van der Waals surface area contributed by atoms with Crippen LogP contribution in [0.5, 0.6) is 5.75 Å². The molecule has 0 radical (unpaired) electrons. The second-order valence-corrected chi connectivity index (χ2v) is 7.17. The van der Waals surface area contributed by atoms with Crippen LogP contribution in [0.2, 0.25) is 0 Å². The number of hydrogen-bond acceptors (Lipinski definition) is 4. The van der Waals surface area contributed by atoms with E-state index in [2.05, 4.69) is 0 Å². The topological polar surface area (TPSA) is 55.8 Å². The van der Waals surface area contributed by atoms with Crippen LogP contribution in [0.15, 0.2) is 54.6 Å². The SMILES string of the molecule is COC(=O)c1ccc(/C(F)=C/c2cccc(-c3cccc(CO)c3C)c2C)cc1OC. The summed E-state index contributed by atoms with van der Waals surface area (Å²) in [5.41, 5.74) is 6.04. The Morgan fingerprint density at radius 3 is 2.32 bits per heavy atom. The van der Waals surface area contributed by atoms with E-state index in [4.69, 9.17) is 9.47 Å². The number of aliphatic hydroxyl groups excluding tert-OH is 1. The first-order valence-corrected chi connectivity index (χ1v) is 9.84. The molecule has 0 bridgehead atoms. The highest BCUT2D eigenvalue weighted by Gasteiger charge is 2.15. The number of hydrogen-bond donors (Lipinski definition) is 1. The molecule has 0 unspecified atom stereocenters. The Hall–Kier alpha value is -3.44. The Morgan fingerprint density at radius 1 is 1.00 bits per heavy atom. The molecule has 0 aromatic heterocycles. The van der Waals surface area contributed by atoms with Gasteiger partial charge in [-0.15, -0.1) is 0 Å². The average molecular weight is 420 g/mol. The Balaban J connectivity index is 2.03. The van der Waals surface area contributed by atoms with Gasteiger partial charge in [0.25, 0.3) is 0 Å². The Kier molecular flexibility index (Phi) is 6.88. The highest BCUT2D eigenvalue weighted by atomic mass is 19.1. The predicted octanol–water partition coefficient (Wildman–Crippen LogP) is 5.73. The van der Waals surface area contributed by atoms with E-state index < -0.39 is 11.8 Å². The maximum atomic E-state index is 15.1. The maximum Gasteiger partial charge on any atom is 0.341 e. The van der Waals surface area contributed by atoms with Gasteiger partial charge in [0.05, 0.1) is 20.8 Å². The molecule has 0 atom stereocenters. The van der Waals surface area contributed by atoms with Gasteiger partial charge in [0.2, 0.25) is 0 Å². The number of rotatable bonds is 6. The Bertz CT molecular complexity index is 1150. The molecular weight excluding hydrogens is 395 g/mol. The van der Waals surface area contributed by atoms with E-state index in [1.165, 1.54) is 38.5 Å². The zero-order valence-corrected chi connectivity index (χ0v) is 18.0. The van der Waals surface area contributed by atoms with Crippen LogP contribution in [0, 0.1) is 13.8 Å². The van der Waals surface area contributed by atoms with Gasteiger partial charge in [-0.1, -0.05) is 42.5 Å². The van der Waals surface area contributed by atoms with Gasteiger partial charge < -0.3 is 14.6 Å². The quantitative estimate of drug-likeness (QED) is 0.409. The summed E-state index contributed by atoms with van der Waals surface area (Å²) in [5, 5.41) is 9.57. The summed E-state index contributed by atoms with van der Waals surface area (Å²) >= 11 is 0. The number of methoxy groups -OCH3 is 2. The van der Waals surface area contributed by atoms with Crippen molar-refractivity contribution in [1.29, 1.82) is 0 Å². The molecule has 3 aromatic carbocycles. The monoisotopic (exact) mass is 420 g/mol. The van der Waals surface area contributed by atoms with Gasteiger partial charge in [0, 0.05) is 5.56 Å². The van der Waals surface area contributed by atoms with Crippen LogP contribution in [0.3, 0.4) is 0 Å².